The molecule has 2 N–H and O–H groups in total. The lowest BCUT2D eigenvalue weighted by Gasteiger charge is -2.13. The second-order valence-corrected chi connectivity index (χ2v) is 5.15. The van der Waals surface area contributed by atoms with Crippen LogP contribution in [0.3, 0.4) is 0 Å². The van der Waals surface area contributed by atoms with E-state index in [4.69, 9.17) is 0 Å². The van der Waals surface area contributed by atoms with Crippen molar-refractivity contribution in [2.24, 2.45) is 11.8 Å². The van der Waals surface area contributed by atoms with Gasteiger partial charge >= 0.3 is 0 Å². The number of benzene rings is 1. The van der Waals surface area contributed by atoms with E-state index in [0.717, 1.165) is 18.7 Å². The Kier molecular flexibility index (Phi) is 2.63. The van der Waals surface area contributed by atoms with Crippen LogP contribution < -0.4 is 10.6 Å². The first-order chi connectivity index (χ1) is 8.27. The molecular weight excluding hydrogens is 212 g/mol. The Morgan fingerprint density at radius 1 is 1.29 bits per heavy atom. The van der Waals surface area contributed by atoms with Crippen LogP contribution in [0.25, 0.3) is 0 Å². The minimum Gasteiger partial charge on any atom is -0.352 e. The Balaban J connectivity index is 1.60. The number of hydrogen-bond acceptors (Lipinski definition) is 2. The molecule has 3 rings (SSSR count). The van der Waals surface area contributed by atoms with Gasteiger partial charge in [-0.2, -0.15) is 0 Å². The highest BCUT2D eigenvalue weighted by Gasteiger charge is 2.53. The predicted octanol–water partition coefficient (Wildman–Crippen LogP) is 1.12. The van der Waals surface area contributed by atoms with E-state index in [1.165, 1.54) is 0 Å². The molecule has 1 heterocycles. The van der Waals surface area contributed by atoms with Gasteiger partial charge in [-0.1, -0.05) is 30.3 Å². The number of carbonyl (C=O) groups is 1. The minimum atomic E-state index is -0.0505. The molecule has 1 aromatic carbocycles. The lowest BCUT2D eigenvalue weighted by atomic mass is 10.0. The van der Waals surface area contributed by atoms with Crippen LogP contribution in [-0.2, 0) is 4.79 Å². The third kappa shape index (κ3) is 1.95. The minimum absolute atomic E-state index is 0.0505. The molecule has 0 aromatic heterocycles. The fourth-order valence-electron chi connectivity index (χ4n) is 2.81. The zero-order chi connectivity index (χ0) is 11.8. The van der Waals surface area contributed by atoms with Gasteiger partial charge in [0.25, 0.3) is 0 Å². The zero-order valence-electron chi connectivity index (χ0n) is 10.0. The summed E-state index contributed by atoms with van der Waals surface area (Å²) in [7, 11) is 0. The van der Waals surface area contributed by atoms with E-state index in [2.05, 4.69) is 10.6 Å². The number of piperidine rings is 1. The van der Waals surface area contributed by atoms with Gasteiger partial charge in [0.1, 0.15) is 0 Å². The second-order valence-electron chi connectivity index (χ2n) is 5.15. The lowest BCUT2D eigenvalue weighted by Crippen LogP contribution is -2.35. The van der Waals surface area contributed by atoms with Gasteiger partial charge in [0.15, 0.2) is 0 Å². The lowest BCUT2D eigenvalue weighted by molar-refractivity contribution is -0.122. The molecule has 1 aliphatic carbocycles. The van der Waals surface area contributed by atoms with Crippen molar-refractivity contribution in [1.29, 1.82) is 0 Å². The third-order valence-electron chi connectivity index (χ3n) is 4.09. The summed E-state index contributed by atoms with van der Waals surface area (Å²) in [5.74, 6) is 1.48. The first kappa shape index (κ1) is 10.8. The number of nitrogens with one attached hydrogen (secondary N) is 2. The highest BCUT2D eigenvalue weighted by molar-refractivity contribution is 5.83. The summed E-state index contributed by atoms with van der Waals surface area (Å²) in [6.07, 6.45) is 0. The smallest absolute Gasteiger partial charge is 0.227 e. The summed E-state index contributed by atoms with van der Waals surface area (Å²) >= 11 is 0. The van der Waals surface area contributed by atoms with E-state index in [1.807, 2.05) is 37.3 Å². The summed E-state index contributed by atoms with van der Waals surface area (Å²) < 4.78 is 0. The summed E-state index contributed by atoms with van der Waals surface area (Å²) in [4.78, 5) is 12.1. The molecule has 2 aliphatic rings. The molecule has 1 saturated carbocycles. The van der Waals surface area contributed by atoms with Crippen LogP contribution >= 0.6 is 0 Å². The maximum absolute atomic E-state index is 12.1. The highest BCUT2D eigenvalue weighted by atomic mass is 16.2. The van der Waals surface area contributed by atoms with Crippen LogP contribution in [0.4, 0.5) is 0 Å². The normalized spacial score (nSPS) is 31.7. The molecule has 17 heavy (non-hydrogen) atoms. The van der Waals surface area contributed by atoms with Crippen LogP contribution in [0.15, 0.2) is 30.3 Å². The quantitative estimate of drug-likeness (QED) is 0.817. The second kappa shape index (κ2) is 4.15. The van der Waals surface area contributed by atoms with Gasteiger partial charge in [0, 0.05) is 19.1 Å². The molecule has 3 nitrogen and oxygen atoms in total. The molecule has 3 heteroatoms. The first-order valence-corrected chi connectivity index (χ1v) is 6.33. The zero-order valence-corrected chi connectivity index (χ0v) is 10.0. The van der Waals surface area contributed by atoms with Gasteiger partial charge in [-0.05, 0) is 24.3 Å². The number of amides is 1. The average molecular weight is 230 g/mol. The topological polar surface area (TPSA) is 41.1 Å². The standard InChI is InChI=1S/C14H18N2O/c1-9(10-5-3-2-4-6-10)14(17)16-13-11-7-15-8-12(11)13/h2-6,9,11-13,15H,7-8H2,1H3,(H,16,17). The summed E-state index contributed by atoms with van der Waals surface area (Å²) in [6.45, 7) is 4.10. The molecule has 1 amide bonds. The summed E-state index contributed by atoms with van der Waals surface area (Å²) in [5, 5.41) is 6.51. The van der Waals surface area contributed by atoms with E-state index < -0.39 is 0 Å². The molecule has 3 unspecified atom stereocenters. The Morgan fingerprint density at radius 2 is 1.94 bits per heavy atom. The number of carbonyl (C=O) groups excluding carboxylic acids is 1. The van der Waals surface area contributed by atoms with E-state index in [-0.39, 0.29) is 11.8 Å². The Hall–Kier alpha value is -1.35. The van der Waals surface area contributed by atoms with Crippen LogP contribution in [0.1, 0.15) is 18.4 Å². The molecule has 1 aliphatic heterocycles. The van der Waals surface area contributed by atoms with Gasteiger partial charge in [0.2, 0.25) is 5.91 Å². The van der Waals surface area contributed by atoms with Gasteiger partial charge in [-0.15, -0.1) is 0 Å². The summed E-state index contributed by atoms with van der Waals surface area (Å²) in [5.41, 5.74) is 1.09. The maximum atomic E-state index is 12.1. The van der Waals surface area contributed by atoms with Crippen molar-refractivity contribution in [3.8, 4) is 0 Å². The maximum Gasteiger partial charge on any atom is 0.227 e. The fourth-order valence-corrected chi connectivity index (χ4v) is 2.81. The van der Waals surface area contributed by atoms with Crippen LogP contribution in [-0.4, -0.2) is 25.0 Å². The fraction of sp³-hybridized carbons (Fsp3) is 0.500. The molecule has 1 saturated heterocycles. The largest absolute Gasteiger partial charge is 0.352 e. The van der Waals surface area contributed by atoms with Crippen molar-refractivity contribution in [3.05, 3.63) is 35.9 Å². The molecule has 1 aromatic rings. The highest BCUT2D eigenvalue weighted by Crippen LogP contribution is 2.41. The van der Waals surface area contributed by atoms with Crippen molar-refractivity contribution in [2.75, 3.05) is 13.1 Å². The van der Waals surface area contributed by atoms with E-state index >= 15 is 0 Å². The summed E-state index contributed by atoms with van der Waals surface area (Å²) in [6, 6.07) is 10.4. The van der Waals surface area contributed by atoms with Crippen molar-refractivity contribution in [2.45, 2.75) is 18.9 Å². The van der Waals surface area contributed by atoms with Crippen molar-refractivity contribution >= 4 is 5.91 Å². The molecule has 3 atom stereocenters. The number of fused-ring (bicyclic) bond motifs is 1. The molecular formula is C14H18N2O. The Labute approximate surface area is 102 Å². The van der Waals surface area contributed by atoms with Gasteiger partial charge in [0.05, 0.1) is 5.92 Å². The van der Waals surface area contributed by atoms with Gasteiger partial charge in [-0.25, -0.2) is 0 Å². The van der Waals surface area contributed by atoms with Gasteiger partial charge in [-0.3, -0.25) is 4.79 Å². The monoisotopic (exact) mass is 230 g/mol. The molecule has 0 spiro atoms. The van der Waals surface area contributed by atoms with Crippen LogP contribution in [0.5, 0.6) is 0 Å². The molecule has 90 valence electrons. The van der Waals surface area contributed by atoms with E-state index in [1.54, 1.807) is 0 Å². The average Bonchev–Trinajstić information content (AvgIpc) is 2.80. The Bertz CT molecular complexity index is 407. The Morgan fingerprint density at radius 3 is 2.59 bits per heavy atom. The van der Waals surface area contributed by atoms with Crippen molar-refractivity contribution in [3.63, 3.8) is 0 Å². The molecule has 0 radical (unpaired) electrons. The van der Waals surface area contributed by atoms with Crippen LogP contribution in [0.2, 0.25) is 0 Å². The molecule has 0 bridgehead atoms. The number of hydrogen-bond donors (Lipinski definition) is 2. The van der Waals surface area contributed by atoms with Crippen molar-refractivity contribution < 1.29 is 4.79 Å². The van der Waals surface area contributed by atoms with E-state index in [0.29, 0.717) is 17.9 Å². The molecule has 2 fully saturated rings. The SMILES string of the molecule is CC(C(=O)NC1C2CNCC21)c1ccccc1. The van der Waals surface area contributed by atoms with E-state index in [9.17, 15) is 4.79 Å². The first-order valence-electron chi connectivity index (χ1n) is 6.33. The van der Waals surface area contributed by atoms with Crippen molar-refractivity contribution in [1.82, 2.24) is 10.6 Å². The third-order valence-corrected chi connectivity index (χ3v) is 4.09. The number of rotatable bonds is 3. The van der Waals surface area contributed by atoms with Gasteiger partial charge < -0.3 is 10.6 Å². The van der Waals surface area contributed by atoms with Crippen LogP contribution in [0, 0.1) is 11.8 Å². The predicted molar refractivity (Wildman–Crippen MR) is 66.6 cm³/mol.